The molecule has 0 unspecified atom stereocenters. The summed E-state index contributed by atoms with van der Waals surface area (Å²) in [5.41, 5.74) is 1.03. The topological polar surface area (TPSA) is 62.2 Å². The Morgan fingerprint density at radius 3 is 1.94 bits per heavy atom. The number of hydroxylamine groups is 2. The molecule has 1 aromatic rings. The Balaban J connectivity index is 0.00000256. The molecule has 0 spiro atoms. The molecule has 0 amide bonds. The number of rotatable bonds is 8. The van der Waals surface area contributed by atoms with Crippen molar-refractivity contribution in [1.29, 1.82) is 0 Å². The number of halogens is 1. The van der Waals surface area contributed by atoms with Gasteiger partial charge in [-0.15, -0.1) is 12.4 Å². The fourth-order valence-electron chi connectivity index (χ4n) is 1.15. The maximum atomic E-state index is 8.65. The van der Waals surface area contributed by atoms with Crippen LogP contribution in [0.5, 0.6) is 0 Å². The SMILES string of the molecule is Cl.OCCON(Cc1ccccc1)OCCO. The summed E-state index contributed by atoms with van der Waals surface area (Å²) in [7, 11) is 0. The molecular weight excluding hydrogens is 246 g/mol. The Labute approximate surface area is 107 Å². The number of benzene rings is 1. The van der Waals surface area contributed by atoms with Gasteiger partial charge in [-0.3, -0.25) is 9.68 Å². The van der Waals surface area contributed by atoms with E-state index in [9.17, 15) is 0 Å². The van der Waals surface area contributed by atoms with Gasteiger partial charge in [-0.2, -0.15) is 0 Å². The number of nitrogens with zero attached hydrogens (tertiary/aromatic N) is 1. The van der Waals surface area contributed by atoms with E-state index in [-0.39, 0.29) is 38.8 Å². The molecule has 0 radical (unpaired) electrons. The van der Waals surface area contributed by atoms with E-state index >= 15 is 0 Å². The minimum absolute atomic E-state index is 0. The van der Waals surface area contributed by atoms with Crippen LogP contribution in [0.15, 0.2) is 30.3 Å². The number of hydrogen-bond acceptors (Lipinski definition) is 5. The van der Waals surface area contributed by atoms with Crippen LogP contribution in [-0.4, -0.2) is 41.9 Å². The van der Waals surface area contributed by atoms with Crippen molar-refractivity contribution >= 4 is 12.4 Å². The van der Waals surface area contributed by atoms with Crippen molar-refractivity contribution in [2.75, 3.05) is 26.4 Å². The van der Waals surface area contributed by atoms with E-state index in [0.29, 0.717) is 6.54 Å². The maximum Gasteiger partial charge on any atom is 0.0942 e. The molecule has 0 heterocycles. The van der Waals surface area contributed by atoms with Gasteiger partial charge < -0.3 is 10.2 Å². The van der Waals surface area contributed by atoms with Crippen molar-refractivity contribution in [3.63, 3.8) is 0 Å². The first-order valence-corrected chi connectivity index (χ1v) is 5.16. The Hall–Kier alpha value is -0.690. The van der Waals surface area contributed by atoms with Gasteiger partial charge in [0.05, 0.1) is 33.0 Å². The van der Waals surface area contributed by atoms with E-state index < -0.39 is 0 Å². The third-order valence-electron chi connectivity index (χ3n) is 1.81. The summed E-state index contributed by atoms with van der Waals surface area (Å²) in [6.07, 6.45) is 0. The van der Waals surface area contributed by atoms with Crippen LogP contribution in [0.25, 0.3) is 0 Å². The van der Waals surface area contributed by atoms with E-state index in [0.717, 1.165) is 5.56 Å². The van der Waals surface area contributed by atoms with Crippen LogP contribution in [0.4, 0.5) is 0 Å². The van der Waals surface area contributed by atoms with E-state index in [1.165, 1.54) is 5.23 Å². The van der Waals surface area contributed by atoms with Crippen molar-refractivity contribution in [1.82, 2.24) is 5.23 Å². The lowest BCUT2D eigenvalue weighted by Crippen LogP contribution is -2.26. The number of aliphatic hydroxyl groups is 2. The molecule has 1 rings (SSSR count). The molecule has 98 valence electrons. The van der Waals surface area contributed by atoms with Crippen molar-refractivity contribution in [3.8, 4) is 0 Å². The van der Waals surface area contributed by atoms with E-state index in [1.54, 1.807) is 0 Å². The third kappa shape index (κ3) is 7.27. The fourth-order valence-corrected chi connectivity index (χ4v) is 1.15. The Morgan fingerprint density at radius 1 is 0.941 bits per heavy atom. The molecule has 5 nitrogen and oxygen atoms in total. The van der Waals surface area contributed by atoms with Crippen LogP contribution in [0.1, 0.15) is 5.56 Å². The summed E-state index contributed by atoms with van der Waals surface area (Å²) in [4.78, 5) is 10.3. The van der Waals surface area contributed by atoms with Gasteiger partial charge in [-0.05, 0) is 5.56 Å². The van der Waals surface area contributed by atoms with Crippen LogP contribution in [0.3, 0.4) is 0 Å². The first-order chi connectivity index (χ1) is 7.86. The minimum atomic E-state index is -0.0756. The van der Waals surface area contributed by atoms with E-state index in [4.69, 9.17) is 19.9 Å². The molecule has 17 heavy (non-hydrogen) atoms. The standard InChI is InChI=1S/C11H17NO4.ClH/c13-6-8-15-12(16-9-7-14)10-11-4-2-1-3-5-11;/h1-5,13-14H,6-10H2;1H. The maximum absolute atomic E-state index is 8.65. The monoisotopic (exact) mass is 263 g/mol. The van der Waals surface area contributed by atoms with Gasteiger partial charge in [-0.25, -0.2) is 0 Å². The zero-order valence-electron chi connectivity index (χ0n) is 9.49. The quantitative estimate of drug-likeness (QED) is 0.678. The van der Waals surface area contributed by atoms with Crippen LogP contribution in [0, 0.1) is 0 Å². The molecule has 0 bridgehead atoms. The van der Waals surface area contributed by atoms with Crippen molar-refractivity contribution < 1.29 is 19.9 Å². The Morgan fingerprint density at radius 2 is 1.47 bits per heavy atom. The highest BCUT2D eigenvalue weighted by Gasteiger charge is 2.06. The zero-order valence-corrected chi connectivity index (χ0v) is 10.3. The molecule has 0 aliphatic carbocycles. The summed E-state index contributed by atoms with van der Waals surface area (Å²) in [5, 5.41) is 18.6. The predicted molar refractivity (Wildman–Crippen MR) is 65.3 cm³/mol. The molecule has 6 heteroatoms. The zero-order chi connectivity index (χ0) is 11.6. The smallest absolute Gasteiger partial charge is 0.0942 e. The molecule has 2 N–H and O–H groups in total. The van der Waals surface area contributed by atoms with Crippen molar-refractivity contribution in [2.45, 2.75) is 6.54 Å². The first kappa shape index (κ1) is 16.3. The first-order valence-electron chi connectivity index (χ1n) is 5.16. The van der Waals surface area contributed by atoms with Gasteiger partial charge in [0.25, 0.3) is 0 Å². The predicted octanol–water partition coefficient (Wildman–Crippen LogP) is 0.758. The van der Waals surface area contributed by atoms with Gasteiger partial charge in [0.15, 0.2) is 0 Å². The van der Waals surface area contributed by atoms with Gasteiger partial charge in [0.2, 0.25) is 0 Å². The van der Waals surface area contributed by atoms with Crippen molar-refractivity contribution in [3.05, 3.63) is 35.9 Å². The second-order valence-corrected chi connectivity index (χ2v) is 3.09. The average molecular weight is 264 g/mol. The van der Waals surface area contributed by atoms with Gasteiger partial charge >= 0.3 is 0 Å². The molecule has 0 aromatic heterocycles. The van der Waals surface area contributed by atoms with Crippen LogP contribution < -0.4 is 0 Å². The Bertz CT molecular complexity index is 265. The molecule has 0 atom stereocenters. The molecular formula is C11H18ClNO4. The Kier molecular flexibility index (Phi) is 10.0. The third-order valence-corrected chi connectivity index (χ3v) is 1.81. The highest BCUT2D eigenvalue weighted by molar-refractivity contribution is 5.85. The van der Waals surface area contributed by atoms with E-state index in [2.05, 4.69) is 0 Å². The summed E-state index contributed by atoms with van der Waals surface area (Å²) in [6, 6.07) is 9.66. The molecule has 0 saturated heterocycles. The lowest BCUT2D eigenvalue weighted by Gasteiger charge is -2.20. The van der Waals surface area contributed by atoms with E-state index in [1.807, 2.05) is 30.3 Å². The lowest BCUT2D eigenvalue weighted by atomic mass is 10.2. The highest BCUT2D eigenvalue weighted by atomic mass is 35.5. The number of hydrogen-bond donors (Lipinski definition) is 2. The normalized spacial score (nSPS) is 10.3. The average Bonchev–Trinajstić information content (AvgIpc) is 2.34. The molecule has 1 aromatic carbocycles. The van der Waals surface area contributed by atoms with Crippen LogP contribution >= 0.6 is 12.4 Å². The molecule has 0 fully saturated rings. The van der Waals surface area contributed by atoms with Crippen molar-refractivity contribution in [2.24, 2.45) is 0 Å². The van der Waals surface area contributed by atoms with Crippen LogP contribution in [-0.2, 0) is 16.2 Å². The lowest BCUT2D eigenvalue weighted by molar-refractivity contribution is -0.378. The summed E-state index contributed by atoms with van der Waals surface area (Å²) < 4.78 is 0. The van der Waals surface area contributed by atoms with Gasteiger partial charge in [-0.1, -0.05) is 35.6 Å². The second-order valence-electron chi connectivity index (χ2n) is 3.09. The second kappa shape index (κ2) is 10.5. The molecule has 0 aliphatic heterocycles. The van der Waals surface area contributed by atoms with Crippen LogP contribution in [0.2, 0.25) is 0 Å². The number of aliphatic hydroxyl groups excluding tert-OH is 2. The van der Waals surface area contributed by atoms with Gasteiger partial charge in [0.1, 0.15) is 0 Å². The molecule has 0 aliphatic rings. The highest BCUT2D eigenvalue weighted by Crippen LogP contribution is 2.05. The summed E-state index contributed by atoms with van der Waals surface area (Å²) >= 11 is 0. The van der Waals surface area contributed by atoms with Gasteiger partial charge in [0, 0.05) is 0 Å². The largest absolute Gasteiger partial charge is 0.394 e. The molecule has 0 saturated carbocycles. The minimum Gasteiger partial charge on any atom is -0.394 e. The summed E-state index contributed by atoms with van der Waals surface area (Å²) in [5.74, 6) is 0. The summed E-state index contributed by atoms with van der Waals surface area (Å²) in [6.45, 7) is 0.624. The fraction of sp³-hybridized carbons (Fsp3) is 0.455.